The van der Waals surface area contributed by atoms with E-state index in [-0.39, 0.29) is 0 Å². The first-order valence-electron chi connectivity index (χ1n) is 8.49. The fourth-order valence-electron chi connectivity index (χ4n) is 3.42. The smallest absolute Gasteiger partial charge is 0.00106 e. The minimum Gasteiger partial charge on any atom is -0.0801 e. The lowest BCUT2D eigenvalue weighted by molar-refractivity contribution is 1.16. The van der Waals surface area contributed by atoms with Crippen molar-refractivity contribution in [3.63, 3.8) is 0 Å². The highest BCUT2D eigenvalue weighted by Crippen LogP contribution is 2.38. The molecule has 0 heteroatoms. The summed E-state index contributed by atoms with van der Waals surface area (Å²) in [4.78, 5) is 0. The molecule has 0 amide bonds. The average molecular weight is 308 g/mol. The van der Waals surface area contributed by atoms with Crippen molar-refractivity contribution in [1.29, 1.82) is 0 Å². The van der Waals surface area contributed by atoms with Gasteiger partial charge in [-0.05, 0) is 46.2 Å². The lowest BCUT2D eigenvalue weighted by atomic mass is 9.99. The van der Waals surface area contributed by atoms with Crippen molar-refractivity contribution in [2.75, 3.05) is 0 Å². The first-order chi connectivity index (χ1) is 11.9. The SMILES string of the molecule is C(C=Cc1ccccc1)=CCc1cccc2c1Cc1ccccc1-2. The molecule has 1 aliphatic carbocycles. The monoisotopic (exact) mass is 308 g/mol. The molecule has 0 nitrogen and oxygen atoms in total. The highest BCUT2D eigenvalue weighted by molar-refractivity contribution is 5.77. The van der Waals surface area contributed by atoms with Gasteiger partial charge >= 0.3 is 0 Å². The van der Waals surface area contributed by atoms with Crippen molar-refractivity contribution in [1.82, 2.24) is 0 Å². The Morgan fingerprint density at radius 1 is 0.708 bits per heavy atom. The van der Waals surface area contributed by atoms with E-state index in [2.05, 4.69) is 91.0 Å². The number of rotatable bonds is 4. The minimum atomic E-state index is 0.982. The van der Waals surface area contributed by atoms with Crippen LogP contribution in [0.25, 0.3) is 17.2 Å². The van der Waals surface area contributed by atoms with E-state index in [0.29, 0.717) is 0 Å². The van der Waals surface area contributed by atoms with Gasteiger partial charge in [-0.2, -0.15) is 0 Å². The number of fused-ring (bicyclic) bond motifs is 3. The molecule has 0 fully saturated rings. The second kappa shape index (κ2) is 6.72. The van der Waals surface area contributed by atoms with Gasteiger partial charge in [0.2, 0.25) is 0 Å². The molecule has 116 valence electrons. The molecule has 3 aromatic carbocycles. The zero-order valence-electron chi connectivity index (χ0n) is 13.7. The molecule has 0 spiro atoms. The van der Waals surface area contributed by atoms with E-state index >= 15 is 0 Å². The minimum absolute atomic E-state index is 0.982. The maximum Gasteiger partial charge on any atom is -0.00106 e. The Labute approximate surface area is 143 Å². The van der Waals surface area contributed by atoms with Crippen molar-refractivity contribution < 1.29 is 0 Å². The fourth-order valence-corrected chi connectivity index (χ4v) is 3.42. The summed E-state index contributed by atoms with van der Waals surface area (Å²) in [6, 6.07) is 25.9. The van der Waals surface area contributed by atoms with Crippen molar-refractivity contribution in [3.8, 4) is 11.1 Å². The van der Waals surface area contributed by atoms with Gasteiger partial charge in [-0.3, -0.25) is 0 Å². The van der Waals surface area contributed by atoms with Crippen LogP contribution in [0.15, 0.2) is 91.0 Å². The number of benzene rings is 3. The third-order valence-corrected chi connectivity index (χ3v) is 4.62. The van der Waals surface area contributed by atoms with Crippen LogP contribution in [0.3, 0.4) is 0 Å². The van der Waals surface area contributed by atoms with Crippen LogP contribution >= 0.6 is 0 Å². The molecule has 0 heterocycles. The highest BCUT2D eigenvalue weighted by atomic mass is 14.2. The zero-order valence-corrected chi connectivity index (χ0v) is 13.7. The molecule has 0 bridgehead atoms. The summed E-state index contributed by atoms with van der Waals surface area (Å²) in [5.74, 6) is 0. The maximum absolute atomic E-state index is 2.26. The third kappa shape index (κ3) is 2.96. The first kappa shape index (κ1) is 14.7. The molecule has 0 N–H and O–H groups in total. The van der Waals surface area contributed by atoms with Gasteiger partial charge in [-0.25, -0.2) is 0 Å². The van der Waals surface area contributed by atoms with Crippen molar-refractivity contribution >= 4 is 6.08 Å². The van der Waals surface area contributed by atoms with E-state index in [1.165, 1.54) is 33.4 Å². The van der Waals surface area contributed by atoms with Crippen LogP contribution in [-0.4, -0.2) is 0 Å². The standard InChI is InChI=1S/C24H20/c1-3-10-19(11-4-1)12-5-2-6-13-20-15-9-17-23-22-16-8-7-14-21(22)18-24(20)23/h1-12,14-17H,13,18H2. The predicted molar refractivity (Wildman–Crippen MR) is 103 cm³/mol. The quantitative estimate of drug-likeness (QED) is 0.401. The Kier molecular flexibility index (Phi) is 4.12. The maximum atomic E-state index is 2.26. The van der Waals surface area contributed by atoms with Crippen LogP contribution in [0.2, 0.25) is 0 Å². The van der Waals surface area contributed by atoms with Crippen LogP contribution in [0.5, 0.6) is 0 Å². The van der Waals surface area contributed by atoms with Crippen molar-refractivity contribution in [2.45, 2.75) is 12.8 Å². The van der Waals surface area contributed by atoms with E-state index in [9.17, 15) is 0 Å². The molecule has 3 aromatic rings. The molecular weight excluding hydrogens is 288 g/mol. The van der Waals surface area contributed by atoms with E-state index < -0.39 is 0 Å². The predicted octanol–water partition coefficient (Wildman–Crippen LogP) is 6.07. The van der Waals surface area contributed by atoms with Gasteiger partial charge in [0.1, 0.15) is 0 Å². The fraction of sp³-hybridized carbons (Fsp3) is 0.0833. The molecule has 0 saturated carbocycles. The number of hydrogen-bond acceptors (Lipinski definition) is 0. The van der Waals surface area contributed by atoms with Crippen LogP contribution in [0.4, 0.5) is 0 Å². The van der Waals surface area contributed by atoms with Gasteiger partial charge in [-0.1, -0.05) is 97.1 Å². The summed E-state index contributed by atoms with van der Waals surface area (Å²) >= 11 is 0. The normalized spacial score (nSPS) is 12.7. The molecule has 4 rings (SSSR count). The van der Waals surface area contributed by atoms with Crippen LogP contribution in [0.1, 0.15) is 22.3 Å². The van der Waals surface area contributed by atoms with Crippen molar-refractivity contribution in [3.05, 3.63) is 113 Å². The summed E-state index contributed by atoms with van der Waals surface area (Å²) in [6.45, 7) is 0. The zero-order chi connectivity index (χ0) is 16.2. The lowest BCUT2D eigenvalue weighted by Crippen LogP contribution is -1.90. The summed E-state index contributed by atoms with van der Waals surface area (Å²) < 4.78 is 0. The van der Waals surface area contributed by atoms with E-state index in [1.807, 2.05) is 6.07 Å². The average Bonchev–Trinajstić information content (AvgIpc) is 3.02. The van der Waals surface area contributed by atoms with Gasteiger partial charge < -0.3 is 0 Å². The van der Waals surface area contributed by atoms with Crippen LogP contribution in [0, 0.1) is 0 Å². The molecule has 0 atom stereocenters. The lowest BCUT2D eigenvalue weighted by Gasteiger charge is -2.06. The van der Waals surface area contributed by atoms with Crippen LogP contribution < -0.4 is 0 Å². The van der Waals surface area contributed by atoms with Gasteiger partial charge in [0.05, 0.1) is 0 Å². The molecule has 1 aliphatic rings. The Morgan fingerprint density at radius 2 is 1.50 bits per heavy atom. The second-order valence-corrected chi connectivity index (χ2v) is 6.18. The summed E-state index contributed by atoms with van der Waals surface area (Å²) in [6.07, 6.45) is 10.7. The Hall–Kier alpha value is -2.86. The van der Waals surface area contributed by atoms with Gasteiger partial charge in [0.15, 0.2) is 0 Å². The summed E-state index contributed by atoms with van der Waals surface area (Å²) in [7, 11) is 0. The number of hydrogen-bond donors (Lipinski definition) is 0. The Bertz CT molecular complexity index is 898. The molecule has 0 unspecified atom stereocenters. The first-order valence-corrected chi connectivity index (χ1v) is 8.49. The van der Waals surface area contributed by atoms with Gasteiger partial charge in [-0.15, -0.1) is 0 Å². The largest absolute Gasteiger partial charge is 0.0801 e. The Balaban J connectivity index is 1.49. The van der Waals surface area contributed by atoms with E-state index in [1.54, 1.807) is 0 Å². The molecule has 0 aromatic heterocycles. The summed E-state index contributed by atoms with van der Waals surface area (Å²) in [5, 5.41) is 0. The topological polar surface area (TPSA) is 0 Å². The van der Waals surface area contributed by atoms with E-state index in [0.717, 1.165) is 12.8 Å². The highest BCUT2D eigenvalue weighted by Gasteiger charge is 2.19. The molecule has 0 radical (unpaired) electrons. The number of allylic oxidation sites excluding steroid dienone is 3. The second-order valence-electron chi connectivity index (χ2n) is 6.18. The molecular formula is C24H20. The molecule has 24 heavy (non-hydrogen) atoms. The molecule has 0 saturated heterocycles. The van der Waals surface area contributed by atoms with Gasteiger partial charge in [0, 0.05) is 0 Å². The third-order valence-electron chi connectivity index (χ3n) is 4.62. The summed E-state index contributed by atoms with van der Waals surface area (Å²) in [5.41, 5.74) is 8.44. The van der Waals surface area contributed by atoms with Gasteiger partial charge in [0.25, 0.3) is 0 Å². The Morgan fingerprint density at radius 3 is 2.42 bits per heavy atom. The van der Waals surface area contributed by atoms with Crippen molar-refractivity contribution in [2.24, 2.45) is 0 Å². The van der Waals surface area contributed by atoms with E-state index in [4.69, 9.17) is 0 Å². The van der Waals surface area contributed by atoms with Crippen LogP contribution in [-0.2, 0) is 12.8 Å². The molecule has 0 aliphatic heterocycles.